The Labute approximate surface area is 109 Å². The van der Waals surface area contributed by atoms with Crippen LogP contribution in [0.3, 0.4) is 0 Å². The normalized spacial score (nSPS) is 10.4. The molecule has 4 heteroatoms. The molecule has 0 fully saturated rings. The molecule has 1 aromatic carbocycles. The van der Waals surface area contributed by atoms with Crippen molar-refractivity contribution in [1.29, 1.82) is 0 Å². The maximum absolute atomic E-state index is 11.7. The molecule has 2 nitrogen and oxygen atoms in total. The molecule has 0 N–H and O–H groups in total. The third kappa shape index (κ3) is 3.98. The van der Waals surface area contributed by atoms with E-state index in [0.717, 1.165) is 9.77 Å². The number of hydrogen-bond acceptors (Lipinski definition) is 4. The van der Waals surface area contributed by atoms with E-state index in [1.165, 1.54) is 16.9 Å². The second-order valence-corrected chi connectivity index (χ2v) is 5.81. The van der Waals surface area contributed by atoms with Crippen LogP contribution in [-0.2, 0) is 11.2 Å². The number of thiazole rings is 1. The highest BCUT2D eigenvalue weighted by Crippen LogP contribution is 2.19. The number of ketones is 1. The molecule has 0 unspecified atom stereocenters. The van der Waals surface area contributed by atoms with Gasteiger partial charge in [-0.05, 0) is 19.1 Å². The summed E-state index contributed by atoms with van der Waals surface area (Å²) in [6.45, 7) is 2.06. The number of hydrogen-bond donors (Lipinski definition) is 0. The summed E-state index contributed by atoms with van der Waals surface area (Å²) in [6, 6.07) is 8.22. The molecule has 0 aliphatic carbocycles. The average molecular weight is 263 g/mol. The van der Waals surface area contributed by atoms with Crippen molar-refractivity contribution in [3.63, 3.8) is 0 Å². The van der Waals surface area contributed by atoms with Gasteiger partial charge in [-0.3, -0.25) is 9.78 Å². The summed E-state index contributed by atoms with van der Waals surface area (Å²) in [4.78, 5) is 17.9. The van der Waals surface area contributed by atoms with Gasteiger partial charge in [0.15, 0.2) is 0 Å². The Balaban J connectivity index is 1.84. The zero-order chi connectivity index (χ0) is 12.1. The maximum Gasteiger partial charge on any atom is 0.148 e. The summed E-state index contributed by atoms with van der Waals surface area (Å²) in [6.07, 6.45) is 2.27. The smallest absolute Gasteiger partial charge is 0.148 e. The average Bonchev–Trinajstić information content (AvgIpc) is 2.79. The van der Waals surface area contributed by atoms with Gasteiger partial charge in [0.2, 0.25) is 0 Å². The molecular weight excluding hydrogens is 250 g/mol. The van der Waals surface area contributed by atoms with E-state index in [0.29, 0.717) is 12.2 Å². The minimum Gasteiger partial charge on any atom is -0.298 e. The molecule has 0 saturated heterocycles. The molecule has 88 valence electrons. The molecule has 0 atom stereocenters. The van der Waals surface area contributed by atoms with Crippen LogP contribution in [0, 0.1) is 6.92 Å². The fraction of sp³-hybridized carbons (Fsp3) is 0.231. The Morgan fingerprint density at radius 2 is 2.35 bits per heavy atom. The first-order valence-corrected chi connectivity index (χ1v) is 7.19. The van der Waals surface area contributed by atoms with Gasteiger partial charge in [0.25, 0.3) is 0 Å². The molecule has 2 rings (SSSR count). The van der Waals surface area contributed by atoms with Crippen LogP contribution in [0.5, 0.6) is 0 Å². The summed E-state index contributed by atoms with van der Waals surface area (Å²) in [5, 5.41) is 0. The van der Waals surface area contributed by atoms with E-state index < -0.39 is 0 Å². The number of aromatic nitrogens is 1. The molecule has 0 aliphatic rings. The van der Waals surface area contributed by atoms with Crippen molar-refractivity contribution in [3.8, 4) is 0 Å². The van der Waals surface area contributed by atoms with Crippen molar-refractivity contribution in [3.05, 3.63) is 46.4 Å². The van der Waals surface area contributed by atoms with E-state index in [2.05, 4.69) is 24.0 Å². The van der Waals surface area contributed by atoms with Gasteiger partial charge < -0.3 is 0 Å². The van der Waals surface area contributed by atoms with E-state index in [-0.39, 0.29) is 5.78 Å². The zero-order valence-electron chi connectivity index (χ0n) is 9.55. The minimum absolute atomic E-state index is 0.251. The van der Waals surface area contributed by atoms with Gasteiger partial charge in [0.05, 0.1) is 11.3 Å². The standard InChI is InChI=1S/C13H13NOS2/c1-10-3-2-4-12(5-10)16-8-11(15)6-13-7-14-9-17-13/h2-5,7,9H,6,8H2,1H3. The van der Waals surface area contributed by atoms with Gasteiger partial charge in [0.1, 0.15) is 5.78 Å². The highest BCUT2D eigenvalue weighted by Gasteiger charge is 2.06. The van der Waals surface area contributed by atoms with Crippen molar-refractivity contribution in [2.45, 2.75) is 18.2 Å². The van der Waals surface area contributed by atoms with Gasteiger partial charge in [0, 0.05) is 22.4 Å². The molecule has 0 bridgehead atoms. The highest BCUT2D eigenvalue weighted by molar-refractivity contribution is 8.00. The third-order valence-electron chi connectivity index (χ3n) is 2.24. The Kier molecular flexibility index (Phi) is 4.34. The van der Waals surface area contributed by atoms with Gasteiger partial charge in [-0.2, -0.15) is 0 Å². The van der Waals surface area contributed by atoms with E-state index in [1.54, 1.807) is 23.5 Å². The lowest BCUT2D eigenvalue weighted by Gasteiger charge is -2.01. The number of thioether (sulfide) groups is 1. The summed E-state index contributed by atoms with van der Waals surface area (Å²) < 4.78 is 0. The summed E-state index contributed by atoms with van der Waals surface area (Å²) in [5.74, 6) is 0.780. The molecule has 17 heavy (non-hydrogen) atoms. The highest BCUT2D eigenvalue weighted by atomic mass is 32.2. The Bertz CT molecular complexity index is 494. The lowest BCUT2D eigenvalue weighted by atomic mass is 10.2. The second kappa shape index (κ2) is 5.98. The Morgan fingerprint density at radius 3 is 3.06 bits per heavy atom. The Morgan fingerprint density at radius 1 is 1.47 bits per heavy atom. The molecule has 1 aromatic heterocycles. The van der Waals surface area contributed by atoms with Gasteiger partial charge >= 0.3 is 0 Å². The quantitative estimate of drug-likeness (QED) is 0.775. The molecule has 0 amide bonds. The number of carbonyl (C=O) groups is 1. The molecule has 0 radical (unpaired) electrons. The minimum atomic E-state index is 0.251. The monoisotopic (exact) mass is 263 g/mol. The topological polar surface area (TPSA) is 30.0 Å². The van der Waals surface area contributed by atoms with Crippen LogP contribution >= 0.6 is 23.1 Å². The maximum atomic E-state index is 11.7. The van der Waals surface area contributed by atoms with E-state index in [9.17, 15) is 4.79 Å². The molecule has 0 spiro atoms. The first-order chi connectivity index (χ1) is 8.24. The van der Waals surface area contributed by atoms with Crippen LogP contribution in [0.1, 0.15) is 10.4 Å². The first-order valence-electron chi connectivity index (χ1n) is 5.32. The molecular formula is C13H13NOS2. The van der Waals surface area contributed by atoms with E-state index >= 15 is 0 Å². The molecule has 1 heterocycles. The molecule has 2 aromatic rings. The van der Waals surface area contributed by atoms with Crippen LogP contribution in [0.25, 0.3) is 0 Å². The summed E-state index contributed by atoms with van der Waals surface area (Å²) in [5.41, 5.74) is 2.99. The van der Waals surface area contributed by atoms with Crippen LogP contribution < -0.4 is 0 Å². The number of benzene rings is 1. The first kappa shape index (κ1) is 12.3. The largest absolute Gasteiger partial charge is 0.298 e. The van der Waals surface area contributed by atoms with E-state index in [4.69, 9.17) is 0 Å². The van der Waals surface area contributed by atoms with Crippen molar-refractivity contribution in [2.75, 3.05) is 5.75 Å². The molecule has 0 saturated carbocycles. The van der Waals surface area contributed by atoms with Crippen molar-refractivity contribution in [1.82, 2.24) is 4.98 Å². The molecule has 0 aliphatic heterocycles. The number of aryl methyl sites for hydroxylation is 1. The van der Waals surface area contributed by atoms with Gasteiger partial charge in [-0.1, -0.05) is 17.7 Å². The van der Waals surface area contributed by atoms with Crippen molar-refractivity contribution < 1.29 is 4.79 Å². The van der Waals surface area contributed by atoms with Crippen LogP contribution in [0.2, 0.25) is 0 Å². The van der Waals surface area contributed by atoms with Crippen molar-refractivity contribution >= 4 is 28.9 Å². The third-order valence-corrected chi connectivity index (χ3v) is 4.08. The van der Waals surface area contributed by atoms with Crippen molar-refractivity contribution in [2.24, 2.45) is 0 Å². The SMILES string of the molecule is Cc1cccc(SCC(=O)Cc2cncs2)c1. The van der Waals surface area contributed by atoms with Crippen LogP contribution in [0.15, 0.2) is 40.9 Å². The zero-order valence-corrected chi connectivity index (χ0v) is 11.2. The predicted molar refractivity (Wildman–Crippen MR) is 72.7 cm³/mol. The number of Topliss-reactive ketones (excluding diaryl/α,β-unsaturated/α-hetero) is 1. The fourth-order valence-corrected chi connectivity index (χ4v) is 2.94. The second-order valence-electron chi connectivity index (χ2n) is 3.79. The van der Waals surface area contributed by atoms with Crippen LogP contribution in [0.4, 0.5) is 0 Å². The van der Waals surface area contributed by atoms with Gasteiger partial charge in [-0.25, -0.2) is 0 Å². The van der Waals surface area contributed by atoms with Crippen LogP contribution in [-0.4, -0.2) is 16.5 Å². The van der Waals surface area contributed by atoms with Gasteiger partial charge in [-0.15, -0.1) is 23.1 Å². The summed E-state index contributed by atoms with van der Waals surface area (Å²) in [7, 11) is 0. The predicted octanol–water partition coefficient (Wildman–Crippen LogP) is 3.36. The summed E-state index contributed by atoms with van der Waals surface area (Å²) >= 11 is 3.13. The Hall–Kier alpha value is -1.13. The fourth-order valence-electron chi connectivity index (χ4n) is 1.44. The number of nitrogens with zero attached hydrogens (tertiary/aromatic N) is 1. The lowest BCUT2D eigenvalue weighted by Crippen LogP contribution is -2.04. The lowest BCUT2D eigenvalue weighted by molar-refractivity contribution is -0.115. The van der Waals surface area contributed by atoms with E-state index in [1.807, 2.05) is 12.1 Å². The number of carbonyl (C=O) groups excluding carboxylic acids is 1. The number of rotatable bonds is 5.